The molecule has 0 saturated heterocycles. The molecule has 0 aliphatic carbocycles. The van der Waals surface area contributed by atoms with E-state index >= 15 is 0 Å². The van der Waals surface area contributed by atoms with Crippen LogP contribution in [0.1, 0.15) is 18.1 Å². The summed E-state index contributed by atoms with van der Waals surface area (Å²) in [7, 11) is -1.01. The number of rotatable bonds is 7. The molecule has 0 aliphatic heterocycles. The molecule has 4 nitrogen and oxygen atoms in total. The van der Waals surface area contributed by atoms with Crippen molar-refractivity contribution in [3.8, 4) is 5.75 Å². The quantitative estimate of drug-likeness (QED) is 0.787. The first kappa shape index (κ1) is 16.9. The Morgan fingerprint density at radius 1 is 1.45 bits per heavy atom. The van der Waals surface area contributed by atoms with Gasteiger partial charge < -0.3 is 9.84 Å². The number of nitrogens with one attached hydrogen (secondary N) is 1. The fraction of sp³-hybridized carbons (Fsp3) is 0.500. The number of likely N-dealkylation sites (N-methyl/N-ethyl adjacent to an activating group) is 1. The van der Waals surface area contributed by atoms with Gasteiger partial charge in [-0.1, -0.05) is 6.07 Å². The third-order valence-electron chi connectivity index (χ3n) is 2.87. The van der Waals surface area contributed by atoms with Crippen LogP contribution in [-0.2, 0) is 22.5 Å². The lowest BCUT2D eigenvalue weighted by molar-refractivity contribution is -0.118. The molecule has 0 fully saturated rings. The lowest BCUT2D eigenvalue weighted by atomic mass is 10.0. The minimum absolute atomic E-state index is 0.0289. The number of benzene rings is 1. The Labute approximate surface area is 119 Å². The highest BCUT2D eigenvalue weighted by Crippen LogP contribution is 2.40. The summed E-state index contributed by atoms with van der Waals surface area (Å²) in [5.74, 6) is 0.328. The number of hydrogen-bond acceptors (Lipinski definition) is 4. The lowest BCUT2D eigenvalue weighted by Gasteiger charge is -2.16. The maximum atomic E-state index is 13.1. The van der Waals surface area contributed by atoms with Crippen molar-refractivity contribution < 1.29 is 18.3 Å². The van der Waals surface area contributed by atoms with E-state index in [4.69, 9.17) is 4.52 Å². The highest BCUT2D eigenvalue weighted by molar-refractivity contribution is 7.57. The van der Waals surface area contributed by atoms with Crippen LogP contribution >= 0.6 is 7.37 Å². The van der Waals surface area contributed by atoms with Gasteiger partial charge in [0.15, 0.2) is 0 Å². The Bertz CT molecular complexity index is 527. The number of halogens is 1. The van der Waals surface area contributed by atoms with Gasteiger partial charge >= 0.3 is 0 Å². The van der Waals surface area contributed by atoms with Gasteiger partial charge in [0.2, 0.25) is 7.37 Å². The predicted molar refractivity (Wildman–Crippen MR) is 78.6 cm³/mol. The summed E-state index contributed by atoms with van der Waals surface area (Å²) in [6, 6.07) is 4.73. The smallest absolute Gasteiger partial charge is 0.242 e. The summed E-state index contributed by atoms with van der Waals surface area (Å²) in [6.07, 6.45) is 0.481. The lowest BCUT2D eigenvalue weighted by Crippen LogP contribution is -2.34. The minimum Gasteiger partial charge on any atom is -0.443 e. The zero-order valence-corrected chi connectivity index (χ0v) is 13.2. The molecule has 1 rings (SSSR count). The maximum absolute atomic E-state index is 13.1. The highest BCUT2D eigenvalue weighted by Gasteiger charge is 2.16. The van der Waals surface area contributed by atoms with Crippen molar-refractivity contribution >= 4 is 13.2 Å². The van der Waals surface area contributed by atoms with Crippen LogP contribution < -0.4 is 9.84 Å². The molecule has 1 aromatic rings. The summed E-state index contributed by atoms with van der Waals surface area (Å²) in [5.41, 5.74) is 1.19. The molecule has 112 valence electrons. The summed E-state index contributed by atoms with van der Waals surface area (Å²) >= 11 is 0. The number of carbonyl (C=O) groups excluding carboxylic acids is 1. The largest absolute Gasteiger partial charge is 0.443 e. The molecule has 6 heteroatoms. The van der Waals surface area contributed by atoms with Gasteiger partial charge in [-0.25, -0.2) is 4.39 Å². The van der Waals surface area contributed by atoms with Crippen LogP contribution in [0.3, 0.4) is 0 Å². The molecule has 0 aliphatic rings. The van der Waals surface area contributed by atoms with Gasteiger partial charge in [0.05, 0.1) is 6.04 Å². The van der Waals surface area contributed by atoms with Crippen molar-refractivity contribution in [2.75, 3.05) is 20.4 Å². The van der Waals surface area contributed by atoms with E-state index < -0.39 is 14.0 Å². The van der Waals surface area contributed by atoms with E-state index in [2.05, 4.69) is 5.32 Å². The molecule has 1 aromatic carbocycles. The van der Waals surface area contributed by atoms with Crippen LogP contribution in [0.25, 0.3) is 0 Å². The Balaban J connectivity index is 2.97. The second-order valence-corrected chi connectivity index (χ2v) is 7.76. The maximum Gasteiger partial charge on any atom is 0.242 e. The van der Waals surface area contributed by atoms with Crippen LogP contribution in [0.2, 0.25) is 0 Å². The highest BCUT2D eigenvalue weighted by atomic mass is 31.2. The molecule has 0 saturated carbocycles. The van der Waals surface area contributed by atoms with Gasteiger partial charge in [-0.05, 0) is 38.1 Å². The summed E-state index contributed by atoms with van der Waals surface area (Å²) < 4.78 is 30.0. The van der Waals surface area contributed by atoms with E-state index in [9.17, 15) is 13.8 Å². The van der Waals surface area contributed by atoms with Crippen molar-refractivity contribution in [3.63, 3.8) is 0 Å². The van der Waals surface area contributed by atoms with E-state index in [0.29, 0.717) is 17.7 Å². The first-order chi connectivity index (χ1) is 9.26. The standard InChI is InChI=1S/C14H21FNO3P/c1-10(17)13(16-2)8-11-5-6-14(12(7-11)9-15)19-20(3,4)18/h5-7,13,16H,8-9H2,1-4H3. The summed E-state index contributed by atoms with van der Waals surface area (Å²) in [6.45, 7) is 3.78. The SMILES string of the molecule is CNC(Cc1ccc(OP(C)(C)=O)c(CF)c1)C(C)=O. The van der Waals surface area contributed by atoms with Crippen LogP contribution in [0.5, 0.6) is 5.75 Å². The molecular weight excluding hydrogens is 280 g/mol. The van der Waals surface area contributed by atoms with E-state index in [1.807, 2.05) is 0 Å². The monoisotopic (exact) mass is 301 g/mol. The number of ketones is 1. The fourth-order valence-corrected chi connectivity index (χ4v) is 2.53. The molecule has 1 N–H and O–H groups in total. The van der Waals surface area contributed by atoms with E-state index in [1.165, 1.54) is 20.3 Å². The zero-order valence-electron chi connectivity index (χ0n) is 12.3. The van der Waals surface area contributed by atoms with Gasteiger partial charge in [-0.2, -0.15) is 0 Å². The van der Waals surface area contributed by atoms with Crippen LogP contribution in [0.15, 0.2) is 18.2 Å². The molecule has 1 unspecified atom stereocenters. The zero-order chi connectivity index (χ0) is 15.3. The molecule has 0 amide bonds. The molecule has 0 radical (unpaired) electrons. The average Bonchev–Trinajstić information content (AvgIpc) is 2.35. The summed E-state index contributed by atoms with van der Waals surface area (Å²) in [5, 5.41) is 2.92. The van der Waals surface area contributed by atoms with Gasteiger partial charge in [-0.15, -0.1) is 0 Å². The third-order valence-corrected chi connectivity index (χ3v) is 3.50. The predicted octanol–water partition coefficient (Wildman–Crippen LogP) is 2.79. The van der Waals surface area contributed by atoms with Crippen LogP contribution in [0.4, 0.5) is 4.39 Å². The normalized spacial score (nSPS) is 13.1. The van der Waals surface area contributed by atoms with Crippen molar-refractivity contribution in [1.29, 1.82) is 0 Å². The van der Waals surface area contributed by atoms with E-state index in [1.54, 1.807) is 25.2 Å². The molecule has 0 aromatic heterocycles. The Morgan fingerprint density at radius 3 is 2.55 bits per heavy atom. The van der Waals surface area contributed by atoms with E-state index in [0.717, 1.165) is 5.56 Å². The van der Waals surface area contributed by atoms with Crippen molar-refractivity contribution in [2.24, 2.45) is 0 Å². The Morgan fingerprint density at radius 2 is 2.10 bits per heavy atom. The van der Waals surface area contributed by atoms with Gasteiger partial charge in [-0.3, -0.25) is 9.36 Å². The van der Waals surface area contributed by atoms with Crippen molar-refractivity contribution in [2.45, 2.75) is 26.1 Å². The van der Waals surface area contributed by atoms with Crippen LogP contribution in [-0.4, -0.2) is 32.2 Å². The molecule has 0 heterocycles. The number of carbonyl (C=O) groups is 1. The number of alkyl halides is 1. The van der Waals surface area contributed by atoms with Gasteiger partial charge in [0.1, 0.15) is 18.2 Å². The van der Waals surface area contributed by atoms with Crippen LogP contribution in [0, 0.1) is 0 Å². The second-order valence-electron chi connectivity index (χ2n) is 5.08. The molecule has 20 heavy (non-hydrogen) atoms. The first-order valence-electron chi connectivity index (χ1n) is 6.37. The average molecular weight is 301 g/mol. The van der Waals surface area contributed by atoms with Crippen molar-refractivity contribution in [3.05, 3.63) is 29.3 Å². The Hall–Kier alpha value is -1.19. The number of hydrogen-bond donors (Lipinski definition) is 1. The topological polar surface area (TPSA) is 55.4 Å². The van der Waals surface area contributed by atoms with Gasteiger partial charge in [0.25, 0.3) is 0 Å². The molecular formula is C14H21FNO3P. The summed E-state index contributed by atoms with van der Waals surface area (Å²) in [4.78, 5) is 11.4. The fourth-order valence-electron chi connectivity index (χ4n) is 1.87. The molecule has 0 spiro atoms. The first-order valence-corrected chi connectivity index (χ1v) is 8.88. The van der Waals surface area contributed by atoms with Gasteiger partial charge in [0, 0.05) is 18.9 Å². The second kappa shape index (κ2) is 7.00. The third kappa shape index (κ3) is 5.06. The van der Waals surface area contributed by atoms with Crippen molar-refractivity contribution in [1.82, 2.24) is 5.32 Å². The molecule has 0 bridgehead atoms. The van der Waals surface area contributed by atoms with E-state index in [-0.39, 0.29) is 11.8 Å². The minimum atomic E-state index is -2.72. The molecule has 1 atom stereocenters. The Kier molecular flexibility index (Phi) is 5.90. The number of Topliss-reactive ketones (excluding diaryl/α,β-unsaturated/α-hetero) is 1.